The fraction of sp³-hybridized carbons (Fsp3) is 0.235. The maximum absolute atomic E-state index is 11.0. The highest BCUT2D eigenvalue weighted by molar-refractivity contribution is 5.92. The van der Waals surface area contributed by atoms with E-state index in [0.29, 0.717) is 5.56 Å². The molecule has 0 unspecified atom stereocenters. The van der Waals surface area contributed by atoms with Crippen LogP contribution in [0.15, 0.2) is 54.6 Å². The van der Waals surface area contributed by atoms with Crippen molar-refractivity contribution in [3.8, 4) is 0 Å². The molecule has 0 heterocycles. The third-order valence-corrected chi connectivity index (χ3v) is 3.26. The first kappa shape index (κ1) is 13.3. The highest BCUT2D eigenvalue weighted by atomic mass is 16.1. The van der Waals surface area contributed by atoms with Crippen molar-refractivity contribution in [1.82, 2.24) is 0 Å². The first-order valence-electron chi connectivity index (χ1n) is 6.68. The fourth-order valence-corrected chi connectivity index (χ4v) is 2.14. The van der Waals surface area contributed by atoms with Gasteiger partial charge in [0.2, 0.25) is 5.91 Å². The lowest BCUT2D eigenvalue weighted by molar-refractivity contribution is 0.100. The molecule has 98 valence electrons. The van der Waals surface area contributed by atoms with Gasteiger partial charge in [0.25, 0.3) is 0 Å². The Bertz CT molecular complexity index is 517. The summed E-state index contributed by atoms with van der Waals surface area (Å²) in [6, 6.07) is 18.1. The van der Waals surface area contributed by atoms with E-state index < -0.39 is 0 Å². The number of rotatable bonds is 6. The second-order valence-corrected chi connectivity index (χ2v) is 4.75. The molecule has 2 aromatic rings. The van der Waals surface area contributed by atoms with Gasteiger partial charge in [-0.25, -0.2) is 0 Å². The van der Waals surface area contributed by atoms with Gasteiger partial charge in [0.1, 0.15) is 0 Å². The number of aryl methyl sites for hydroxylation is 2. The highest BCUT2D eigenvalue weighted by Gasteiger charge is 2.00. The Morgan fingerprint density at radius 2 is 1.32 bits per heavy atom. The van der Waals surface area contributed by atoms with Crippen LogP contribution in [0.3, 0.4) is 0 Å². The van der Waals surface area contributed by atoms with E-state index in [4.69, 9.17) is 5.73 Å². The molecule has 0 bridgehead atoms. The zero-order chi connectivity index (χ0) is 13.5. The number of carbonyl (C=O) groups is 1. The van der Waals surface area contributed by atoms with Crippen LogP contribution < -0.4 is 5.73 Å². The van der Waals surface area contributed by atoms with Crippen LogP contribution in [-0.2, 0) is 12.8 Å². The largest absolute Gasteiger partial charge is 0.366 e. The minimum absolute atomic E-state index is 0.365. The summed E-state index contributed by atoms with van der Waals surface area (Å²) in [5, 5.41) is 0. The number of hydrogen-bond donors (Lipinski definition) is 1. The molecule has 2 rings (SSSR count). The smallest absolute Gasteiger partial charge is 0.248 e. The zero-order valence-corrected chi connectivity index (χ0v) is 11.0. The Morgan fingerprint density at radius 3 is 1.84 bits per heavy atom. The van der Waals surface area contributed by atoms with Gasteiger partial charge in [-0.3, -0.25) is 4.79 Å². The van der Waals surface area contributed by atoms with Crippen molar-refractivity contribution in [3.05, 3.63) is 71.3 Å². The van der Waals surface area contributed by atoms with Crippen LogP contribution in [0.5, 0.6) is 0 Å². The van der Waals surface area contributed by atoms with Gasteiger partial charge in [-0.05, 0) is 48.9 Å². The van der Waals surface area contributed by atoms with Crippen molar-refractivity contribution in [2.75, 3.05) is 0 Å². The molecule has 0 aliphatic carbocycles. The number of carbonyl (C=O) groups excluding carboxylic acids is 1. The molecule has 0 spiro atoms. The molecule has 2 N–H and O–H groups in total. The average molecular weight is 253 g/mol. The Hall–Kier alpha value is -2.09. The molecule has 0 saturated heterocycles. The van der Waals surface area contributed by atoms with Crippen LogP contribution >= 0.6 is 0 Å². The summed E-state index contributed by atoms with van der Waals surface area (Å²) in [5.74, 6) is -0.365. The lowest BCUT2D eigenvalue weighted by Crippen LogP contribution is -2.10. The van der Waals surface area contributed by atoms with Crippen molar-refractivity contribution in [1.29, 1.82) is 0 Å². The summed E-state index contributed by atoms with van der Waals surface area (Å²) in [6.07, 6.45) is 4.51. The molecule has 0 radical (unpaired) electrons. The molecule has 2 aromatic carbocycles. The Morgan fingerprint density at radius 1 is 0.789 bits per heavy atom. The van der Waals surface area contributed by atoms with Crippen molar-refractivity contribution in [2.24, 2.45) is 5.73 Å². The van der Waals surface area contributed by atoms with Gasteiger partial charge in [-0.15, -0.1) is 0 Å². The lowest BCUT2D eigenvalue weighted by atomic mass is 10.0. The molecule has 1 amide bonds. The molecule has 0 fully saturated rings. The van der Waals surface area contributed by atoms with Crippen LogP contribution in [0, 0.1) is 0 Å². The number of benzene rings is 2. The molecular formula is C17H19NO. The molecule has 2 nitrogen and oxygen atoms in total. The molecular weight excluding hydrogens is 234 g/mol. The zero-order valence-electron chi connectivity index (χ0n) is 11.0. The second-order valence-electron chi connectivity index (χ2n) is 4.75. The Kier molecular flexibility index (Phi) is 4.73. The SMILES string of the molecule is NC(=O)c1ccc(CCCCc2ccccc2)cc1. The first-order chi connectivity index (χ1) is 9.25. The summed E-state index contributed by atoms with van der Waals surface area (Å²) < 4.78 is 0. The van der Waals surface area contributed by atoms with Gasteiger partial charge < -0.3 is 5.73 Å². The predicted molar refractivity (Wildman–Crippen MR) is 78.0 cm³/mol. The van der Waals surface area contributed by atoms with Crippen LogP contribution in [0.2, 0.25) is 0 Å². The van der Waals surface area contributed by atoms with Gasteiger partial charge >= 0.3 is 0 Å². The van der Waals surface area contributed by atoms with Crippen LogP contribution in [0.1, 0.15) is 34.3 Å². The maximum atomic E-state index is 11.0. The number of amides is 1. The van der Waals surface area contributed by atoms with E-state index in [1.54, 1.807) is 12.1 Å². The molecule has 0 aromatic heterocycles. The Balaban J connectivity index is 1.75. The number of nitrogens with two attached hydrogens (primary N) is 1. The number of hydrogen-bond acceptors (Lipinski definition) is 1. The Labute approximate surface area is 114 Å². The van der Waals surface area contributed by atoms with E-state index >= 15 is 0 Å². The second kappa shape index (κ2) is 6.74. The van der Waals surface area contributed by atoms with Gasteiger partial charge in [0.15, 0.2) is 0 Å². The topological polar surface area (TPSA) is 43.1 Å². The predicted octanol–water partition coefficient (Wildman–Crippen LogP) is 3.35. The van der Waals surface area contributed by atoms with Crippen molar-refractivity contribution < 1.29 is 4.79 Å². The number of unbranched alkanes of at least 4 members (excludes halogenated alkanes) is 1. The van der Waals surface area contributed by atoms with E-state index in [0.717, 1.165) is 19.3 Å². The third-order valence-electron chi connectivity index (χ3n) is 3.26. The van der Waals surface area contributed by atoms with Crippen molar-refractivity contribution in [3.63, 3.8) is 0 Å². The summed E-state index contributed by atoms with van der Waals surface area (Å²) >= 11 is 0. The van der Waals surface area contributed by atoms with E-state index in [-0.39, 0.29) is 5.91 Å². The van der Waals surface area contributed by atoms with E-state index in [9.17, 15) is 4.79 Å². The van der Waals surface area contributed by atoms with Crippen LogP contribution in [0.25, 0.3) is 0 Å². The molecule has 0 saturated carbocycles. The minimum atomic E-state index is -0.365. The van der Waals surface area contributed by atoms with Crippen molar-refractivity contribution in [2.45, 2.75) is 25.7 Å². The van der Waals surface area contributed by atoms with Gasteiger partial charge in [-0.2, -0.15) is 0 Å². The third kappa shape index (κ3) is 4.25. The average Bonchev–Trinajstić information content (AvgIpc) is 2.45. The summed E-state index contributed by atoms with van der Waals surface area (Å²) in [5.41, 5.74) is 8.44. The van der Waals surface area contributed by atoms with Crippen LogP contribution in [0.4, 0.5) is 0 Å². The molecule has 0 atom stereocenters. The molecule has 19 heavy (non-hydrogen) atoms. The van der Waals surface area contributed by atoms with E-state index in [1.165, 1.54) is 17.5 Å². The monoisotopic (exact) mass is 253 g/mol. The molecule has 0 aliphatic heterocycles. The minimum Gasteiger partial charge on any atom is -0.366 e. The van der Waals surface area contributed by atoms with Gasteiger partial charge in [-0.1, -0.05) is 42.5 Å². The van der Waals surface area contributed by atoms with Crippen molar-refractivity contribution >= 4 is 5.91 Å². The quantitative estimate of drug-likeness (QED) is 0.788. The molecule has 2 heteroatoms. The number of primary amides is 1. The fourth-order valence-electron chi connectivity index (χ4n) is 2.14. The summed E-state index contributed by atoms with van der Waals surface area (Å²) in [4.78, 5) is 11.0. The maximum Gasteiger partial charge on any atom is 0.248 e. The summed E-state index contributed by atoms with van der Waals surface area (Å²) in [7, 11) is 0. The van der Waals surface area contributed by atoms with Gasteiger partial charge in [0, 0.05) is 5.56 Å². The van der Waals surface area contributed by atoms with E-state index in [1.807, 2.05) is 18.2 Å². The standard InChI is InChI=1S/C17H19NO/c18-17(19)16-12-10-15(11-13-16)9-5-4-8-14-6-2-1-3-7-14/h1-3,6-7,10-13H,4-5,8-9H2,(H2,18,19). The van der Waals surface area contributed by atoms with Gasteiger partial charge in [0.05, 0.1) is 0 Å². The molecule has 0 aliphatic rings. The van der Waals surface area contributed by atoms with E-state index in [2.05, 4.69) is 24.3 Å². The lowest BCUT2D eigenvalue weighted by Gasteiger charge is -2.03. The first-order valence-corrected chi connectivity index (χ1v) is 6.68. The van der Waals surface area contributed by atoms with Crippen LogP contribution in [-0.4, -0.2) is 5.91 Å². The normalized spacial score (nSPS) is 10.3. The highest BCUT2D eigenvalue weighted by Crippen LogP contribution is 2.10. The summed E-state index contributed by atoms with van der Waals surface area (Å²) in [6.45, 7) is 0.